The quantitative estimate of drug-likeness (QED) is 0.662. The van der Waals surface area contributed by atoms with Crippen molar-refractivity contribution in [3.8, 4) is 0 Å². The van der Waals surface area contributed by atoms with Crippen LogP contribution in [-0.4, -0.2) is 37.4 Å². The molecular formula is C16H31NO3. The predicted octanol–water partition coefficient (Wildman–Crippen LogP) is 2.90. The van der Waals surface area contributed by atoms with Gasteiger partial charge in [-0.25, -0.2) is 0 Å². The fourth-order valence-electron chi connectivity index (χ4n) is 2.66. The van der Waals surface area contributed by atoms with Crippen LogP contribution in [0.1, 0.15) is 59.8 Å². The van der Waals surface area contributed by atoms with Crippen molar-refractivity contribution >= 4 is 5.97 Å². The predicted molar refractivity (Wildman–Crippen MR) is 80.7 cm³/mol. The lowest BCUT2D eigenvalue weighted by atomic mass is 9.97. The molecule has 0 radical (unpaired) electrons. The van der Waals surface area contributed by atoms with Crippen molar-refractivity contribution in [2.45, 2.75) is 71.4 Å². The van der Waals surface area contributed by atoms with E-state index in [1.54, 1.807) is 0 Å². The summed E-state index contributed by atoms with van der Waals surface area (Å²) in [4.78, 5) is 12.3. The minimum Gasteiger partial charge on any atom is -0.465 e. The Hall–Kier alpha value is -0.610. The van der Waals surface area contributed by atoms with Gasteiger partial charge in [0.15, 0.2) is 0 Å². The summed E-state index contributed by atoms with van der Waals surface area (Å²) in [5.74, 6) is 0.549. The lowest BCUT2D eigenvalue weighted by Crippen LogP contribution is -2.51. The van der Waals surface area contributed by atoms with Gasteiger partial charge in [-0.2, -0.15) is 0 Å². The Morgan fingerprint density at radius 3 is 2.75 bits per heavy atom. The highest BCUT2D eigenvalue weighted by Gasteiger charge is 2.46. The lowest BCUT2D eigenvalue weighted by Gasteiger charge is -2.28. The number of nitrogens with one attached hydrogen (secondary N) is 1. The van der Waals surface area contributed by atoms with Crippen LogP contribution in [0.15, 0.2) is 0 Å². The van der Waals surface area contributed by atoms with Crippen LogP contribution in [0, 0.1) is 5.92 Å². The van der Waals surface area contributed by atoms with E-state index in [1.807, 2.05) is 6.92 Å². The number of ether oxygens (including phenoxy) is 2. The van der Waals surface area contributed by atoms with Crippen LogP contribution in [0.2, 0.25) is 0 Å². The van der Waals surface area contributed by atoms with E-state index in [4.69, 9.17) is 9.47 Å². The molecule has 0 heterocycles. The first-order valence-corrected chi connectivity index (χ1v) is 8.08. The van der Waals surface area contributed by atoms with Crippen molar-refractivity contribution in [3.63, 3.8) is 0 Å². The van der Waals surface area contributed by atoms with E-state index in [9.17, 15) is 4.79 Å². The molecule has 2 atom stereocenters. The minimum absolute atomic E-state index is 0.108. The Balaban J connectivity index is 2.52. The molecule has 118 valence electrons. The van der Waals surface area contributed by atoms with E-state index in [2.05, 4.69) is 26.1 Å². The monoisotopic (exact) mass is 285 g/mol. The average Bonchev–Trinajstić information content (AvgIpc) is 2.81. The largest absolute Gasteiger partial charge is 0.465 e. The highest BCUT2D eigenvalue weighted by molar-refractivity contribution is 5.81. The van der Waals surface area contributed by atoms with Crippen molar-refractivity contribution < 1.29 is 14.3 Å². The van der Waals surface area contributed by atoms with Gasteiger partial charge in [-0.05, 0) is 45.1 Å². The van der Waals surface area contributed by atoms with Gasteiger partial charge < -0.3 is 14.8 Å². The molecule has 2 unspecified atom stereocenters. The molecule has 0 saturated heterocycles. The maximum atomic E-state index is 12.3. The number of esters is 1. The van der Waals surface area contributed by atoms with Crippen LogP contribution in [0.5, 0.6) is 0 Å². The molecule has 0 aliphatic heterocycles. The molecule has 0 amide bonds. The van der Waals surface area contributed by atoms with Crippen LogP contribution in [0.4, 0.5) is 0 Å². The maximum Gasteiger partial charge on any atom is 0.326 e. The number of hydrogen-bond donors (Lipinski definition) is 1. The third kappa shape index (κ3) is 5.06. The Morgan fingerprint density at radius 2 is 2.15 bits per heavy atom. The zero-order valence-electron chi connectivity index (χ0n) is 13.5. The Labute approximate surface area is 123 Å². The van der Waals surface area contributed by atoms with Crippen molar-refractivity contribution in [1.82, 2.24) is 5.32 Å². The lowest BCUT2D eigenvalue weighted by molar-refractivity contribution is -0.151. The molecule has 1 aliphatic rings. The Morgan fingerprint density at radius 1 is 1.40 bits per heavy atom. The highest BCUT2D eigenvalue weighted by Crippen LogP contribution is 2.33. The SMILES string of the molecule is CCCNC1(C(=O)OCC)CCC(OCCC(C)C)C1. The molecule has 0 aromatic rings. The molecule has 0 aromatic carbocycles. The van der Waals surface area contributed by atoms with Crippen LogP contribution in [0.3, 0.4) is 0 Å². The second-order valence-corrected chi connectivity index (χ2v) is 6.15. The van der Waals surface area contributed by atoms with Gasteiger partial charge in [0.05, 0.1) is 12.7 Å². The summed E-state index contributed by atoms with van der Waals surface area (Å²) in [5.41, 5.74) is -0.519. The number of carbonyl (C=O) groups is 1. The van der Waals surface area contributed by atoms with Crippen molar-refractivity contribution in [3.05, 3.63) is 0 Å². The van der Waals surface area contributed by atoms with E-state index in [1.165, 1.54) is 0 Å². The minimum atomic E-state index is -0.519. The normalized spacial score (nSPS) is 26.1. The first-order chi connectivity index (χ1) is 9.54. The molecule has 0 aromatic heterocycles. The second-order valence-electron chi connectivity index (χ2n) is 6.15. The zero-order chi connectivity index (χ0) is 15.0. The fourth-order valence-corrected chi connectivity index (χ4v) is 2.66. The maximum absolute atomic E-state index is 12.3. The van der Waals surface area contributed by atoms with Gasteiger partial charge in [-0.15, -0.1) is 0 Å². The molecule has 1 fully saturated rings. The highest BCUT2D eigenvalue weighted by atomic mass is 16.5. The van der Waals surface area contributed by atoms with E-state index in [-0.39, 0.29) is 12.1 Å². The molecule has 4 heteroatoms. The van der Waals surface area contributed by atoms with E-state index >= 15 is 0 Å². The van der Waals surface area contributed by atoms with E-state index in [0.29, 0.717) is 12.5 Å². The molecule has 1 aliphatic carbocycles. The van der Waals surface area contributed by atoms with Crippen LogP contribution in [-0.2, 0) is 14.3 Å². The molecule has 0 bridgehead atoms. The van der Waals surface area contributed by atoms with Gasteiger partial charge in [0, 0.05) is 13.0 Å². The van der Waals surface area contributed by atoms with Gasteiger partial charge in [0.1, 0.15) is 5.54 Å². The second kappa shape index (κ2) is 8.63. The summed E-state index contributed by atoms with van der Waals surface area (Å²) >= 11 is 0. The molecule has 20 heavy (non-hydrogen) atoms. The summed E-state index contributed by atoms with van der Waals surface area (Å²) in [6.45, 7) is 10.4. The molecule has 1 saturated carbocycles. The topological polar surface area (TPSA) is 47.6 Å². The van der Waals surface area contributed by atoms with Gasteiger partial charge in [-0.3, -0.25) is 4.79 Å². The van der Waals surface area contributed by atoms with Crippen LogP contribution >= 0.6 is 0 Å². The molecule has 4 nitrogen and oxygen atoms in total. The summed E-state index contributed by atoms with van der Waals surface area (Å²) in [7, 11) is 0. The van der Waals surface area contributed by atoms with Gasteiger partial charge >= 0.3 is 5.97 Å². The first-order valence-electron chi connectivity index (χ1n) is 8.08. The number of rotatable bonds is 9. The fraction of sp³-hybridized carbons (Fsp3) is 0.938. The number of carbonyl (C=O) groups excluding carboxylic acids is 1. The van der Waals surface area contributed by atoms with Crippen molar-refractivity contribution in [2.75, 3.05) is 19.8 Å². The Kier molecular flexibility index (Phi) is 7.52. The van der Waals surface area contributed by atoms with Crippen molar-refractivity contribution in [1.29, 1.82) is 0 Å². The van der Waals surface area contributed by atoms with Crippen molar-refractivity contribution in [2.24, 2.45) is 5.92 Å². The molecule has 1 N–H and O–H groups in total. The average molecular weight is 285 g/mol. The molecular weight excluding hydrogens is 254 g/mol. The smallest absolute Gasteiger partial charge is 0.326 e. The van der Waals surface area contributed by atoms with E-state index in [0.717, 1.165) is 45.3 Å². The summed E-state index contributed by atoms with van der Waals surface area (Å²) < 4.78 is 11.2. The van der Waals surface area contributed by atoms with Gasteiger partial charge in [0.25, 0.3) is 0 Å². The molecule has 1 rings (SSSR count). The first kappa shape index (κ1) is 17.4. The summed E-state index contributed by atoms with van der Waals surface area (Å²) in [6.07, 6.45) is 4.77. The Bertz CT molecular complexity index is 293. The van der Waals surface area contributed by atoms with Crippen LogP contribution < -0.4 is 5.32 Å². The third-order valence-corrected chi connectivity index (χ3v) is 3.90. The number of hydrogen-bond acceptors (Lipinski definition) is 4. The third-order valence-electron chi connectivity index (χ3n) is 3.90. The van der Waals surface area contributed by atoms with Crippen LogP contribution in [0.25, 0.3) is 0 Å². The van der Waals surface area contributed by atoms with Gasteiger partial charge in [-0.1, -0.05) is 20.8 Å². The standard InChI is InChI=1S/C16H31NO3/c1-5-10-17-16(15(18)19-6-2)9-7-14(12-16)20-11-8-13(3)4/h13-14,17H,5-12H2,1-4H3. The zero-order valence-corrected chi connectivity index (χ0v) is 13.5. The summed E-state index contributed by atoms with van der Waals surface area (Å²) in [6, 6.07) is 0. The van der Waals surface area contributed by atoms with Gasteiger partial charge in [0.2, 0.25) is 0 Å². The van der Waals surface area contributed by atoms with E-state index < -0.39 is 5.54 Å². The molecule has 0 spiro atoms. The summed E-state index contributed by atoms with van der Waals surface area (Å²) in [5, 5.41) is 3.40.